The Balaban J connectivity index is 1.85. The summed E-state index contributed by atoms with van der Waals surface area (Å²) in [6, 6.07) is 13.9. The van der Waals surface area contributed by atoms with Gasteiger partial charge in [0.15, 0.2) is 5.60 Å². The van der Waals surface area contributed by atoms with E-state index in [9.17, 15) is 4.79 Å². The van der Waals surface area contributed by atoms with Crippen LogP contribution in [0.3, 0.4) is 0 Å². The van der Waals surface area contributed by atoms with Crippen LogP contribution in [0.5, 0.6) is 0 Å². The van der Waals surface area contributed by atoms with Gasteiger partial charge in [-0.25, -0.2) is 4.79 Å². The van der Waals surface area contributed by atoms with Crippen molar-refractivity contribution in [2.75, 3.05) is 11.9 Å². The van der Waals surface area contributed by atoms with E-state index in [2.05, 4.69) is 5.32 Å². The van der Waals surface area contributed by atoms with Crippen molar-refractivity contribution in [2.45, 2.75) is 18.9 Å². The summed E-state index contributed by atoms with van der Waals surface area (Å²) in [7, 11) is 0. The average Bonchev–Trinajstić information content (AvgIpc) is 2.87. The summed E-state index contributed by atoms with van der Waals surface area (Å²) in [4.78, 5) is 12.0. The number of rotatable bonds is 2. The number of nitrogens with one attached hydrogen (secondary N) is 1. The first-order valence-electron chi connectivity index (χ1n) is 7.61. The monoisotopic (exact) mass is 325 g/mol. The molecule has 116 valence electrons. The van der Waals surface area contributed by atoms with Gasteiger partial charge in [-0.15, -0.1) is 0 Å². The highest BCUT2D eigenvalue weighted by atomic mass is 35.5. The van der Waals surface area contributed by atoms with Crippen molar-refractivity contribution in [2.24, 2.45) is 0 Å². The molecule has 0 aromatic heterocycles. The van der Waals surface area contributed by atoms with Crippen LogP contribution in [0.15, 0.2) is 48.5 Å². The zero-order valence-corrected chi connectivity index (χ0v) is 13.5. The smallest absolute Gasteiger partial charge is 0.332 e. The Morgan fingerprint density at radius 1 is 1.22 bits per heavy atom. The van der Waals surface area contributed by atoms with Crippen molar-refractivity contribution in [3.63, 3.8) is 0 Å². The van der Waals surface area contributed by atoms with Gasteiger partial charge in [-0.1, -0.05) is 48.0 Å². The van der Waals surface area contributed by atoms with Crippen LogP contribution in [-0.4, -0.2) is 18.1 Å². The molecule has 0 saturated heterocycles. The number of hydrogen-bond donors (Lipinski definition) is 1. The van der Waals surface area contributed by atoms with Gasteiger partial charge in [-0.2, -0.15) is 0 Å². The number of aryl methyl sites for hydroxylation is 1. The molecule has 0 saturated carbocycles. The Kier molecular flexibility index (Phi) is 3.20. The Hall–Kier alpha value is -2.26. The van der Waals surface area contributed by atoms with Crippen LogP contribution in [0.2, 0.25) is 5.02 Å². The zero-order valence-electron chi connectivity index (χ0n) is 12.7. The van der Waals surface area contributed by atoms with Gasteiger partial charge >= 0.3 is 5.97 Å². The number of fused-ring (bicyclic) bond motifs is 3. The maximum atomic E-state index is 12.0. The number of halogens is 1. The number of carbonyl (C=O) groups is 1. The molecule has 0 aliphatic carbocycles. The maximum absolute atomic E-state index is 12.0. The molecule has 1 unspecified atom stereocenters. The van der Waals surface area contributed by atoms with Gasteiger partial charge < -0.3 is 10.1 Å². The predicted octanol–water partition coefficient (Wildman–Crippen LogP) is 4.00. The molecular formula is C19H16ClNO2. The highest BCUT2D eigenvalue weighted by Gasteiger charge is 2.47. The highest BCUT2D eigenvalue weighted by Crippen LogP contribution is 2.48. The van der Waals surface area contributed by atoms with E-state index in [1.54, 1.807) is 6.08 Å². The molecule has 4 heteroatoms. The first kappa shape index (κ1) is 14.3. The molecule has 23 heavy (non-hydrogen) atoms. The van der Waals surface area contributed by atoms with Crippen LogP contribution >= 0.6 is 11.6 Å². The second-order valence-corrected chi connectivity index (χ2v) is 6.51. The Morgan fingerprint density at radius 2 is 2.00 bits per heavy atom. The summed E-state index contributed by atoms with van der Waals surface area (Å²) in [6.45, 7) is 2.58. The molecule has 1 N–H and O–H groups in total. The van der Waals surface area contributed by atoms with Crippen molar-refractivity contribution < 1.29 is 9.53 Å². The van der Waals surface area contributed by atoms with E-state index >= 15 is 0 Å². The van der Waals surface area contributed by atoms with Crippen molar-refractivity contribution in [1.29, 1.82) is 0 Å². The third-order valence-electron chi connectivity index (χ3n) is 4.56. The summed E-state index contributed by atoms with van der Waals surface area (Å²) in [5.41, 5.74) is 4.31. The Bertz CT molecular complexity index is 829. The fourth-order valence-electron chi connectivity index (χ4n) is 3.48. The Morgan fingerprint density at radius 3 is 2.78 bits per heavy atom. The maximum Gasteiger partial charge on any atom is 0.332 e. The van der Waals surface area contributed by atoms with Crippen molar-refractivity contribution in [3.05, 3.63) is 70.3 Å². The third-order valence-corrected chi connectivity index (χ3v) is 4.88. The van der Waals surface area contributed by atoms with Crippen LogP contribution in [-0.2, 0) is 16.0 Å². The molecule has 4 rings (SSSR count). The van der Waals surface area contributed by atoms with E-state index in [1.165, 1.54) is 0 Å². The minimum Gasteiger partial charge on any atom is -0.449 e. The van der Waals surface area contributed by atoms with E-state index in [0.29, 0.717) is 18.0 Å². The summed E-state index contributed by atoms with van der Waals surface area (Å²) in [5, 5.41) is 4.06. The second-order valence-electron chi connectivity index (χ2n) is 6.10. The van der Waals surface area contributed by atoms with E-state index in [1.807, 2.05) is 49.4 Å². The molecule has 0 radical (unpaired) electrons. The molecule has 0 fully saturated rings. The highest BCUT2D eigenvalue weighted by molar-refractivity contribution is 6.33. The number of benzene rings is 2. The largest absolute Gasteiger partial charge is 0.449 e. The van der Waals surface area contributed by atoms with Crippen molar-refractivity contribution >= 4 is 28.8 Å². The van der Waals surface area contributed by atoms with Crippen LogP contribution in [0.4, 0.5) is 5.69 Å². The van der Waals surface area contributed by atoms with Gasteiger partial charge in [0, 0.05) is 29.3 Å². The zero-order chi connectivity index (χ0) is 16.0. The van der Waals surface area contributed by atoms with Crippen LogP contribution < -0.4 is 5.32 Å². The van der Waals surface area contributed by atoms with E-state index in [0.717, 1.165) is 28.0 Å². The number of carbonyl (C=O) groups excluding carboxylic acids is 1. The molecule has 2 heterocycles. The predicted molar refractivity (Wildman–Crippen MR) is 91.6 cm³/mol. The van der Waals surface area contributed by atoms with Gasteiger partial charge in [0.2, 0.25) is 0 Å². The molecule has 3 nitrogen and oxygen atoms in total. The first-order chi connectivity index (χ1) is 11.1. The third kappa shape index (κ3) is 2.23. The SMILES string of the molecule is Cc1ccc(Cl)c2c1NCC1(Cc3ccccc3)OC(=O)C=C21. The second kappa shape index (κ2) is 5.14. The fourth-order valence-corrected chi connectivity index (χ4v) is 3.74. The average molecular weight is 326 g/mol. The number of anilines is 1. The van der Waals surface area contributed by atoms with Gasteiger partial charge in [-0.05, 0) is 24.1 Å². The van der Waals surface area contributed by atoms with E-state index in [4.69, 9.17) is 16.3 Å². The first-order valence-corrected chi connectivity index (χ1v) is 7.99. The number of ether oxygens (including phenoxy) is 1. The topological polar surface area (TPSA) is 38.3 Å². The lowest BCUT2D eigenvalue weighted by atomic mass is 9.80. The van der Waals surface area contributed by atoms with Crippen LogP contribution in [0.25, 0.3) is 5.57 Å². The van der Waals surface area contributed by atoms with Crippen LogP contribution in [0.1, 0.15) is 16.7 Å². The van der Waals surface area contributed by atoms with Crippen LogP contribution in [0, 0.1) is 6.92 Å². The summed E-state index contributed by atoms with van der Waals surface area (Å²) < 4.78 is 5.76. The molecular weight excluding hydrogens is 310 g/mol. The number of esters is 1. The van der Waals surface area contributed by atoms with Crippen molar-refractivity contribution in [3.8, 4) is 0 Å². The van der Waals surface area contributed by atoms with Gasteiger partial charge in [0.25, 0.3) is 0 Å². The fraction of sp³-hybridized carbons (Fsp3) is 0.211. The lowest BCUT2D eigenvalue weighted by Crippen LogP contribution is -2.44. The molecule has 1 atom stereocenters. The summed E-state index contributed by atoms with van der Waals surface area (Å²) >= 11 is 6.45. The van der Waals surface area contributed by atoms with Gasteiger partial charge in [0.1, 0.15) is 0 Å². The number of hydrogen-bond acceptors (Lipinski definition) is 3. The molecule has 0 spiro atoms. The Labute approximate surface area is 139 Å². The van der Waals surface area contributed by atoms with Gasteiger partial charge in [0.05, 0.1) is 11.6 Å². The molecule has 2 aliphatic rings. The van der Waals surface area contributed by atoms with Gasteiger partial charge in [-0.3, -0.25) is 0 Å². The van der Waals surface area contributed by atoms with Crippen molar-refractivity contribution in [1.82, 2.24) is 0 Å². The van der Waals surface area contributed by atoms with E-state index in [-0.39, 0.29) is 5.97 Å². The normalized spacial score (nSPS) is 21.8. The standard InChI is InChI=1S/C19H16ClNO2/c1-12-7-8-15(20)17-14-9-16(22)23-19(14,11-21-18(12)17)10-13-5-3-2-4-6-13/h2-9,21H,10-11H2,1H3. The minimum atomic E-state index is -0.692. The molecule has 2 aromatic rings. The lowest BCUT2D eigenvalue weighted by Gasteiger charge is -2.38. The molecule has 0 bridgehead atoms. The summed E-state index contributed by atoms with van der Waals surface area (Å²) in [5.74, 6) is -0.303. The van der Waals surface area contributed by atoms with E-state index < -0.39 is 5.60 Å². The quantitative estimate of drug-likeness (QED) is 0.848. The minimum absolute atomic E-state index is 0.303. The lowest BCUT2D eigenvalue weighted by molar-refractivity contribution is -0.144. The molecule has 0 amide bonds. The summed E-state index contributed by atoms with van der Waals surface area (Å²) in [6.07, 6.45) is 2.22. The molecule has 2 aliphatic heterocycles. The molecule has 2 aromatic carbocycles.